The van der Waals surface area contributed by atoms with E-state index >= 15 is 0 Å². The van der Waals surface area contributed by atoms with Crippen LogP contribution >= 0.6 is 11.3 Å². The minimum absolute atomic E-state index is 0.103. The Hall–Kier alpha value is -1.92. The van der Waals surface area contributed by atoms with Gasteiger partial charge in [0.1, 0.15) is 5.01 Å². The second-order valence-electron chi connectivity index (χ2n) is 4.82. The number of urea groups is 1. The first kappa shape index (κ1) is 15.5. The van der Waals surface area contributed by atoms with Gasteiger partial charge in [0, 0.05) is 23.3 Å². The molecule has 0 fully saturated rings. The van der Waals surface area contributed by atoms with E-state index in [0.717, 1.165) is 10.7 Å². The second-order valence-corrected chi connectivity index (χ2v) is 5.75. The summed E-state index contributed by atoms with van der Waals surface area (Å²) >= 11 is 1.53. The van der Waals surface area contributed by atoms with Crippen LogP contribution in [0.15, 0.2) is 35.8 Å². The molecular formula is C15H20N4OS. The number of amides is 2. The first-order chi connectivity index (χ1) is 10.1. The molecule has 21 heavy (non-hydrogen) atoms. The average molecular weight is 304 g/mol. The molecule has 1 aromatic carbocycles. The van der Waals surface area contributed by atoms with Crippen LogP contribution in [0.3, 0.4) is 0 Å². The highest BCUT2D eigenvalue weighted by Crippen LogP contribution is 2.17. The Bertz CT molecular complexity index is 568. The summed E-state index contributed by atoms with van der Waals surface area (Å²) in [5.74, 6) is 0. The van der Waals surface area contributed by atoms with Crippen LogP contribution in [0.1, 0.15) is 36.5 Å². The highest BCUT2D eigenvalue weighted by atomic mass is 32.1. The Labute approximate surface area is 128 Å². The molecule has 0 radical (unpaired) electrons. The summed E-state index contributed by atoms with van der Waals surface area (Å²) in [5.41, 5.74) is 1.95. The van der Waals surface area contributed by atoms with Crippen LogP contribution in [0.5, 0.6) is 0 Å². The Morgan fingerprint density at radius 3 is 2.48 bits per heavy atom. The van der Waals surface area contributed by atoms with Crippen LogP contribution < -0.4 is 16.0 Å². The smallest absolute Gasteiger partial charge is 0.319 e. The summed E-state index contributed by atoms with van der Waals surface area (Å²) in [4.78, 5) is 16.1. The molecule has 5 nitrogen and oxygen atoms in total. The fourth-order valence-electron chi connectivity index (χ4n) is 1.90. The molecule has 0 aliphatic carbocycles. The molecule has 1 aromatic heterocycles. The van der Waals surface area contributed by atoms with Gasteiger partial charge in [-0.25, -0.2) is 9.78 Å². The van der Waals surface area contributed by atoms with Gasteiger partial charge in [0.05, 0.1) is 6.04 Å². The monoisotopic (exact) mass is 304 g/mol. The number of hydrogen-bond acceptors (Lipinski definition) is 4. The van der Waals surface area contributed by atoms with Gasteiger partial charge in [-0.15, -0.1) is 11.3 Å². The van der Waals surface area contributed by atoms with E-state index < -0.39 is 0 Å². The number of nitrogens with zero attached hydrogens (tertiary/aromatic N) is 1. The fraction of sp³-hybridized carbons (Fsp3) is 0.333. The van der Waals surface area contributed by atoms with E-state index in [1.165, 1.54) is 16.9 Å². The largest absolute Gasteiger partial charge is 0.329 e. The summed E-state index contributed by atoms with van der Waals surface area (Å²) in [6.45, 7) is 4.00. The lowest BCUT2D eigenvalue weighted by Crippen LogP contribution is -2.31. The van der Waals surface area contributed by atoms with Gasteiger partial charge in [0.2, 0.25) is 0 Å². The van der Waals surface area contributed by atoms with E-state index in [4.69, 9.17) is 0 Å². The molecule has 2 rings (SSSR count). The Kier molecular flexibility index (Phi) is 5.30. The molecule has 2 unspecified atom stereocenters. The van der Waals surface area contributed by atoms with Crippen LogP contribution in [0.2, 0.25) is 0 Å². The number of aromatic nitrogens is 1. The van der Waals surface area contributed by atoms with E-state index in [1.807, 2.05) is 43.6 Å². The molecule has 2 amide bonds. The van der Waals surface area contributed by atoms with Crippen molar-refractivity contribution < 1.29 is 4.79 Å². The van der Waals surface area contributed by atoms with Gasteiger partial charge in [0.15, 0.2) is 0 Å². The first-order valence-corrected chi connectivity index (χ1v) is 7.72. The van der Waals surface area contributed by atoms with E-state index in [0.29, 0.717) is 0 Å². The molecule has 1 heterocycles. The average Bonchev–Trinajstić information content (AvgIpc) is 3.01. The number of benzene rings is 1. The highest BCUT2D eigenvalue weighted by Gasteiger charge is 2.11. The van der Waals surface area contributed by atoms with E-state index in [1.54, 1.807) is 6.20 Å². The Morgan fingerprint density at radius 1 is 1.19 bits per heavy atom. The quantitative estimate of drug-likeness (QED) is 0.794. The van der Waals surface area contributed by atoms with E-state index in [9.17, 15) is 4.79 Å². The molecule has 3 N–H and O–H groups in total. The molecular weight excluding hydrogens is 284 g/mol. The standard InChI is InChI=1S/C15H20N4OS/c1-10(16-3)12-4-6-13(7-5-12)19-15(20)18-11(2)14-17-8-9-21-14/h4-11,16H,1-3H3,(H2,18,19,20). The van der Waals surface area contributed by atoms with Crippen molar-refractivity contribution in [3.8, 4) is 0 Å². The molecule has 6 heteroatoms. The molecule has 0 saturated carbocycles. The van der Waals surface area contributed by atoms with Crippen LogP contribution in [0.25, 0.3) is 0 Å². The third-order valence-corrected chi connectivity index (χ3v) is 4.23. The number of rotatable bonds is 5. The maximum Gasteiger partial charge on any atom is 0.319 e. The lowest BCUT2D eigenvalue weighted by Gasteiger charge is -2.14. The maximum atomic E-state index is 11.9. The number of hydrogen-bond donors (Lipinski definition) is 3. The van der Waals surface area contributed by atoms with Crippen molar-refractivity contribution in [3.05, 3.63) is 46.4 Å². The number of thiazole rings is 1. The zero-order valence-electron chi connectivity index (χ0n) is 12.4. The van der Waals surface area contributed by atoms with Crippen LogP contribution in [0, 0.1) is 0 Å². The topological polar surface area (TPSA) is 66.0 Å². The van der Waals surface area contributed by atoms with Crippen molar-refractivity contribution in [2.45, 2.75) is 25.9 Å². The second kappa shape index (κ2) is 7.19. The first-order valence-electron chi connectivity index (χ1n) is 6.84. The lowest BCUT2D eigenvalue weighted by molar-refractivity contribution is 0.249. The predicted octanol–water partition coefficient (Wildman–Crippen LogP) is 3.31. The summed E-state index contributed by atoms with van der Waals surface area (Å²) < 4.78 is 0. The lowest BCUT2D eigenvalue weighted by atomic mass is 10.1. The van der Waals surface area contributed by atoms with Gasteiger partial charge in [0.25, 0.3) is 0 Å². The molecule has 0 saturated heterocycles. The minimum Gasteiger partial charge on any atom is -0.329 e. The third kappa shape index (κ3) is 4.27. The summed E-state index contributed by atoms with van der Waals surface area (Å²) in [6, 6.07) is 7.76. The van der Waals surface area contributed by atoms with Crippen molar-refractivity contribution >= 4 is 23.1 Å². The third-order valence-electron chi connectivity index (χ3n) is 3.27. The van der Waals surface area contributed by atoms with Crippen molar-refractivity contribution in [1.29, 1.82) is 0 Å². The molecule has 2 atom stereocenters. The van der Waals surface area contributed by atoms with Crippen LogP contribution in [-0.4, -0.2) is 18.1 Å². The van der Waals surface area contributed by atoms with E-state index in [2.05, 4.69) is 27.9 Å². The molecule has 2 aromatic rings. The van der Waals surface area contributed by atoms with Gasteiger partial charge < -0.3 is 16.0 Å². The van der Waals surface area contributed by atoms with Crippen molar-refractivity contribution in [3.63, 3.8) is 0 Å². The summed E-state index contributed by atoms with van der Waals surface area (Å²) in [6.07, 6.45) is 1.73. The normalized spacial score (nSPS) is 13.5. The Balaban J connectivity index is 1.90. The SMILES string of the molecule is CNC(C)c1ccc(NC(=O)NC(C)c2nccs2)cc1. The van der Waals surface area contributed by atoms with E-state index in [-0.39, 0.29) is 18.1 Å². The predicted molar refractivity (Wildman–Crippen MR) is 86.6 cm³/mol. The molecule has 0 aliphatic rings. The molecule has 0 bridgehead atoms. The zero-order valence-corrected chi connectivity index (χ0v) is 13.2. The van der Waals surface area contributed by atoms with Crippen LogP contribution in [-0.2, 0) is 0 Å². The summed E-state index contributed by atoms with van der Waals surface area (Å²) in [5, 5.41) is 11.7. The minimum atomic E-state index is -0.230. The summed E-state index contributed by atoms with van der Waals surface area (Å²) in [7, 11) is 1.92. The fourth-order valence-corrected chi connectivity index (χ4v) is 2.54. The van der Waals surface area contributed by atoms with Crippen LogP contribution in [0.4, 0.5) is 10.5 Å². The number of nitrogens with one attached hydrogen (secondary N) is 3. The van der Waals surface area contributed by atoms with Gasteiger partial charge >= 0.3 is 6.03 Å². The van der Waals surface area contributed by atoms with Gasteiger partial charge in [-0.1, -0.05) is 12.1 Å². The highest BCUT2D eigenvalue weighted by molar-refractivity contribution is 7.09. The van der Waals surface area contributed by atoms with Crippen molar-refractivity contribution in [2.24, 2.45) is 0 Å². The Morgan fingerprint density at radius 2 is 1.90 bits per heavy atom. The van der Waals surface area contributed by atoms with Gasteiger partial charge in [-0.2, -0.15) is 0 Å². The van der Waals surface area contributed by atoms with Crippen molar-refractivity contribution in [1.82, 2.24) is 15.6 Å². The molecule has 112 valence electrons. The maximum absolute atomic E-state index is 11.9. The number of anilines is 1. The van der Waals surface area contributed by atoms with Crippen molar-refractivity contribution in [2.75, 3.05) is 12.4 Å². The van der Waals surface area contributed by atoms with Gasteiger partial charge in [-0.05, 0) is 38.6 Å². The van der Waals surface area contributed by atoms with Gasteiger partial charge in [-0.3, -0.25) is 0 Å². The number of carbonyl (C=O) groups excluding carboxylic acids is 1. The molecule has 0 aliphatic heterocycles. The molecule has 0 spiro atoms. The zero-order chi connectivity index (χ0) is 15.2. The number of carbonyl (C=O) groups is 1.